The van der Waals surface area contributed by atoms with Gasteiger partial charge in [-0.15, -0.1) is 10.6 Å². The summed E-state index contributed by atoms with van der Waals surface area (Å²) in [6.45, 7) is 0. The Hall–Kier alpha value is -2.76. The van der Waals surface area contributed by atoms with Crippen LogP contribution in [0.1, 0.15) is 5.56 Å². The number of nitrogens with two attached hydrogens (primary N) is 1. The molecule has 2 heterocycles. The predicted molar refractivity (Wildman–Crippen MR) is 81.3 cm³/mol. The van der Waals surface area contributed by atoms with Crippen molar-refractivity contribution in [2.45, 2.75) is 4.90 Å². The molecule has 0 fully saturated rings. The fraction of sp³-hybridized carbons (Fsp3) is 0.0833. The predicted octanol–water partition coefficient (Wildman–Crippen LogP) is -0.926. The van der Waals surface area contributed by atoms with Crippen LogP contribution in [0.2, 0.25) is 0 Å². The van der Waals surface area contributed by atoms with Crippen molar-refractivity contribution in [2.24, 2.45) is 10.2 Å². The lowest BCUT2D eigenvalue weighted by atomic mass is 10.0. The first-order chi connectivity index (χ1) is 11.0. The summed E-state index contributed by atoms with van der Waals surface area (Å²) in [6, 6.07) is 4.65. The van der Waals surface area contributed by atoms with Gasteiger partial charge in [0.2, 0.25) is 15.9 Å². The van der Waals surface area contributed by atoms with Crippen LogP contribution in [0.3, 0.4) is 0 Å². The van der Waals surface area contributed by atoms with Gasteiger partial charge >= 0.3 is 0 Å². The van der Waals surface area contributed by atoms with Crippen LogP contribution in [0.4, 0.5) is 0 Å². The zero-order valence-electron chi connectivity index (χ0n) is 11.9. The normalized spacial score (nSPS) is 13.9. The van der Waals surface area contributed by atoms with Crippen molar-refractivity contribution in [3.8, 4) is 17.1 Å². The number of rotatable bonds is 4. The molecule has 1 aromatic heterocycles. The third-order valence-electron chi connectivity index (χ3n) is 3.07. The maximum absolute atomic E-state index is 11.9. The first-order valence-corrected chi connectivity index (χ1v) is 7.91. The number of hydrazone groups is 1. The molecule has 0 bridgehead atoms. The second-order valence-corrected chi connectivity index (χ2v) is 6.02. The van der Waals surface area contributed by atoms with E-state index in [9.17, 15) is 8.42 Å². The summed E-state index contributed by atoms with van der Waals surface area (Å²) in [5.74, 6) is 0.557. The molecule has 0 spiro atoms. The molecule has 0 amide bonds. The Morgan fingerprint density at radius 1 is 1.26 bits per heavy atom. The number of hydrogen-bond donors (Lipinski definition) is 4. The summed E-state index contributed by atoms with van der Waals surface area (Å²) in [4.78, 5) is 8.22. The lowest BCUT2D eigenvalue weighted by Gasteiger charge is -2.13. The van der Waals surface area contributed by atoms with Gasteiger partial charge in [0.25, 0.3) is 0 Å². The average Bonchev–Trinajstić information content (AvgIpc) is 3.07. The quantitative estimate of drug-likeness (QED) is 0.561. The van der Waals surface area contributed by atoms with E-state index in [2.05, 4.69) is 31.6 Å². The van der Waals surface area contributed by atoms with E-state index in [1.807, 2.05) is 0 Å². The number of benzene rings is 1. The Kier molecular flexibility index (Phi) is 3.82. The Balaban J connectivity index is 2.28. The zero-order valence-corrected chi connectivity index (χ0v) is 12.8. The zero-order chi connectivity index (χ0) is 16.4. The summed E-state index contributed by atoms with van der Waals surface area (Å²) in [5, 5.41) is 9.27. The number of ether oxygens (including phenoxy) is 1. The van der Waals surface area contributed by atoms with Crippen molar-refractivity contribution in [2.75, 3.05) is 7.11 Å². The molecule has 0 unspecified atom stereocenters. The van der Waals surface area contributed by atoms with Crippen molar-refractivity contribution in [3.63, 3.8) is 0 Å². The molecule has 1 aliphatic rings. The number of amidine groups is 1. The van der Waals surface area contributed by atoms with Gasteiger partial charge < -0.3 is 4.74 Å². The number of primary sulfonamides is 1. The summed E-state index contributed by atoms with van der Waals surface area (Å²) in [5.41, 5.74) is 8.92. The van der Waals surface area contributed by atoms with Gasteiger partial charge in [0.15, 0.2) is 5.84 Å². The van der Waals surface area contributed by atoms with Gasteiger partial charge in [-0.1, -0.05) is 12.1 Å². The van der Waals surface area contributed by atoms with E-state index in [-0.39, 0.29) is 16.3 Å². The van der Waals surface area contributed by atoms with E-state index in [4.69, 9.17) is 9.88 Å². The third kappa shape index (κ3) is 2.92. The largest absolute Gasteiger partial charge is 0.480 e. The highest BCUT2D eigenvalue weighted by atomic mass is 32.2. The van der Waals surface area contributed by atoms with Crippen LogP contribution in [-0.4, -0.2) is 31.3 Å². The number of nitrogens with zero attached hydrogens (tertiary/aromatic N) is 3. The Bertz CT molecular complexity index is 882. The van der Waals surface area contributed by atoms with Gasteiger partial charge in [-0.25, -0.2) is 24.1 Å². The highest BCUT2D eigenvalue weighted by Gasteiger charge is 2.24. The molecule has 23 heavy (non-hydrogen) atoms. The van der Waals surface area contributed by atoms with E-state index in [1.165, 1.54) is 25.6 Å². The average molecular weight is 335 g/mol. The fourth-order valence-corrected chi connectivity index (χ4v) is 2.88. The van der Waals surface area contributed by atoms with Crippen molar-refractivity contribution >= 4 is 15.9 Å². The molecule has 120 valence electrons. The number of sulfonamides is 1. The van der Waals surface area contributed by atoms with Gasteiger partial charge in [-0.2, -0.15) is 0 Å². The lowest BCUT2D eigenvalue weighted by Crippen LogP contribution is -2.36. The monoisotopic (exact) mass is 335 g/mol. The number of hydrazine groups is 2. The van der Waals surface area contributed by atoms with E-state index >= 15 is 0 Å². The Labute approximate surface area is 131 Å². The van der Waals surface area contributed by atoms with Crippen LogP contribution in [-0.2, 0) is 10.0 Å². The van der Waals surface area contributed by atoms with E-state index in [1.54, 1.807) is 12.1 Å². The number of nitrogens with one attached hydrogen (secondary N) is 3. The molecule has 3 rings (SSSR count). The molecule has 0 saturated carbocycles. The van der Waals surface area contributed by atoms with Crippen molar-refractivity contribution in [3.05, 3.63) is 36.2 Å². The van der Waals surface area contributed by atoms with E-state index in [0.717, 1.165) is 0 Å². The molecule has 1 aromatic carbocycles. The standard InChI is InChI=1S/C12H13N7O3S/c1-22-10-6-14-5-8(15-10)7-3-2-4-9(23(13,20)21)11(7)12-16-18-19-17-12/h2-6,18-19H,1H3,(H,16,17)(H2,13,20,21). The van der Waals surface area contributed by atoms with Gasteiger partial charge in [0.05, 0.1) is 30.1 Å². The molecule has 0 aliphatic carbocycles. The van der Waals surface area contributed by atoms with Gasteiger partial charge in [-0.05, 0) is 6.07 Å². The summed E-state index contributed by atoms with van der Waals surface area (Å²) in [7, 11) is -2.51. The Morgan fingerprint density at radius 2 is 2.09 bits per heavy atom. The van der Waals surface area contributed by atoms with Gasteiger partial charge in [-0.3, -0.25) is 10.4 Å². The Morgan fingerprint density at radius 3 is 2.74 bits per heavy atom. The van der Waals surface area contributed by atoms with Crippen molar-refractivity contribution in [1.82, 2.24) is 26.5 Å². The van der Waals surface area contributed by atoms with Crippen LogP contribution < -0.4 is 26.4 Å². The second-order valence-electron chi connectivity index (χ2n) is 4.49. The second kappa shape index (κ2) is 5.79. The minimum Gasteiger partial charge on any atom is -0.480 e. The van der Waals surface area contributed by atoms with Gasteiger partial charge in [0, 0.05) is 11.1 Å². The maximum atomic E-state index is 11.9. The molecule has 0 radical (unpaired) electrons. The highest BCUT2D eigenvalue weighted by Crippen LogP contribution is 2.28. The highest BCUT2D eigenvalue weighted by molar-refractivity contribution is 7.89. The maximum Gasteiger partial charge on any atom is 0.238 e. The molecule has 1 aliphatic heterocycles. The molecule has 0 atom stereocenters. The first-order valence-electron chi connectivity index (χ1n) is 6.37. The fourth-order valence-electron chi connectivity index (χ4n) is 2.12. The minimum absolute atomic E-state index is 0.0867. The number of hydrogen-bond acceptors (Lipinski definition) is 9. The van der Waals surface area contributed by atoms with Crippen molar-refractivity contribution < 1.29 is 13.2 Å². The number of methoxy groups -OCH3 is 1. The smallest absolute Gasteiger partial charge is 0.238 e. The lowest BCUT2D eigenvalue weighted by molar-refractivity contribution is 0.396. The molecule has 10 nitrogen and oxygen atoms in total. The van der Waals surface area contributed by atoms with Crippen LogP contribution >= 0.6 is 0 Å². The minimum atomic E-state index is -3.97. The molecular weight excluding hydrogens is 322 g/mol. The van der Waals surface area contributed by atoms with Crippen LogP contribution in [0.15, 0.2) is 40.6 Å². The SMILES string of the molecule is COc1cncc(-c2cccc(S(N)(=O)=O)c2C2=NNNN2)n1. The van der Waals surface area contributed by atoms with E-state index in [0.29, 0.717) is 17.1 Å². The van der Waals surface area contributed by atoms with E-state index < -0.39 is 10.0 Å². The number of aromatic nitrogens is 2. The molecule has 5 N–H and O–H groups in total. The summed E-state index contributed by atoms with van der Waals surface area (Å²) in [6.07, 6.45) is 2.94. The third-order valence-corrected chi connectivity index (χ3v) is 4.02. The molecule has 11 heteroatoms. The summed E-state index contributed by atoms with van der Waals surface area (Å²) >= 11 is 0. The van der Waals surface area contributed by atoms with Crippen molar-refractivity contribution in [1.29, 1.82) is 0 Å². The summed E-state index contributed by atoms with van der Waals surface area (Å²) < 4.78 is 28.9. The van der Waals surface area contributed by atoms with Crippen LogP contribution in [0, 0.1) is 0 Å². The molecule has 0 saturated heterocycles. The van der Waals surface area contributed by atoms with Gasteiger partial charge in [0.1, 0.15) is 0 Å². The van der Waals surface area contributed by atoms with Crippen LogP contribution in [0.25, 0.3) is 11.3 Å². The topological polar surface area (TPSA) is 144 Å². The van der Waals surface area contributed by atoms with Crippen LogP contribution in [0.5, 0.6) is 5.88 Å². The first kappa shape index (κ1) is 15.1. The molecular formula is C12H13N7O3S. The molecule has 2 aromatic rings.